The first-order chi connectivity index (χ1) is 9.16. The number of nitrogens with zero attached hydrogens (tertiary/aromatic N) is 4. The van der Waals surface area contributed by atoms with Crippen molar-refractivity contribution in [2.45, 2.75) is 13.8 Å². The SMILES string of the molecule is Cc1nc(N)sc1-c1nnc(C)n1-c1ccccc1. The zero-order chi connectivity index (χ0) is 13.4. The molecule has 0 bridgehead atoms. The van der Waals surface area contributed by atoms with Gasteiger partial charge in [0.2, 0.25) is 0 Å². The number of aromatic nitrogens is 4. The molecule has 2 N–H and O–H groups in total. The van der Waals surface area contributed by atoms with Gasteiger partial charge >= 0.3 is 0 Å². The molecule has 3 rings (SSSR count). The van der Waals surface area contributed by atoms with Crippen LogP contribution >= 0.6 is 11.3 Å². The second-order valence-corrected chi connectivity index (χ2v) is 5.24. The number of hydrogen-bond donors (Lipinski definition) is 1. The zero-order valence-corrected chi connectivity index (χ0v) is 11.5. The Balaban J connectivity index is 2.22. The maximum atomic E-state index is 5.76. The van der Waals surface area contributed by atoms with Crippen molar-refractivity contribution < 1.29 is 0 Å². The summed E-state index contributed by atoms with van der Waals surface area (Å²) < 4.78 is 2.01. The first-order valence-electron chi connectivity index (χ1n) is 5.87. The van der Waals surface area contributed by atoms with Crippen LogP contribution < -0.4 is 5.73 Å². The van der Waals surface area contributed by atoms with E-state index in [0.717, 1.165) is 27.9 Å². The molecule has 0 atom stereocenters. The predicted octanol–water partition coefficient (Wildman–Crippen LogP) is 2.59. The summed E-state index contributed by atoms with van der Waals surface area (Å²) in [5, 5.41) is 8.98. The highest BCUT2D eigenvalue weighted by Crippen LogP contribution is 2.31. The van der Waals surface area contributed by atoms with Crippen LogP contribution in [0.15, 0.2) is 30.3 Å². The third-order valence-electron chi connectivity index (χ3n) is 2.86. The molecule has 0 amide bonds. The van der Waals surface area contributed by atoms with E-state index in [2.05, 4.69) is 15.2 Å². The van der Waals surface area contributed by atoms with Crippen molar-refractivity contribution in [2.24, 2.45) is 0 Å². The van der Waals surface area contributed by atoms with Gasteiger partial charge in [0.25, 0.3) is 0 Å². The van der Waals surface area contributed by atoms with E-state index < -0.39 is 0 Å². The smallest absolute Gasteiger partial charge is 0.180 e. The minimum atomic E-state index is 0.549. The van der Waals surface area contributed by atoms with Crippen LogP contribution in [0, 0.1) is 13.8 Å². The first-order valence-corrected chi connectivity index (χ1v) is 6.69. The molecular formula is C13H13N5S. The lowest BCUT2D eigenvalue weighted by Crippen LogP contribution is -1.99. The second kappa shape index (κ2) is 4.47. The van der Waals surface area contributed by atoms with Crippen LogP contribution in [0.2, 0.25) is 0 Å². The number of para-hydroxylation sites is 1. The highest BCUT2D eigenvalue weighted by molar-refractivity contribution is 7.18. The van der Waals surface area contributed by atoms with Gasteiger partial charge in [-0.25, -0.2) is 4.98 Å². The van der Waals surface area contributed by atoms with Gasteiger partial charge in [-0.15, -0.1) is 10.2 Å². The number of thiazole rings is 1. The topological polar surface area (TPSA) is 69.6 Å². The summed E-state index contributed by atoms with van der Waals surface area (Å²) >= 11 is 1.43. The van der Waals surface area contributed by atoms with Gasteiger partial charge in [0.15, 0.2) is 11.0 Å². The summed E-state index contributed by atoms with van der Waals surface area (Å²) in [5.74, 6) is 1.63. The summed E-state index contributed by atoms with van der Waals surface area (Å²) in [7, 11) is 0. The number of rotatable bonds is 2. The van der Waals surface area contributed by atoms with E-state index in [0.29, 0.717) is 5.13 Å². The Morgan fingerprint density at radius 1 is 1.11 bits per heavy atom. The van der Waals surface area contributed by atoms with Crippen LogP contribution in [0.25, 0.3) is 16.4 Å². The Morgan fingerprint density at radius 2 is 1.84 bits per heavy atom. The molecule has 0 aliphatic rings. The lowest BCUT2D eigenvalue weighted by Gasteiger charge is -2.07. The van der Waals surface area contributed by atoms with E-state index in [9.17, 15) is 0 Å². The first kappa shape index (κ1) is 11.9. The number of hydrogen-bond acceptors (Lipinski definition) is 5. The summed E-state index contributed by atoms with van der Waals surface area (Å²) in [6.45, 7) is 3.87. The summed E-state index contributed by atoms with van der Waals surface area (Å²) in [4.78, 5) is 5.21. The maximum Gasteiger partial charge on any atom is 0.180 e. The quantitative estimate of drug-likeness (QED) is 0.777. The van der Waals surface area contributed by atoms with E-state index in [1.807, 2.05) is 48.7 Å². The van der Waals surface area contributed by atoms with Gasteiger partial charge in [-0.2, -0.15) is 0 Å². The largest absolute Gasteiger partial charge is 0.375 e. The van der Waals surface area contributed by atoms with Crippen molar-refractivity contribution in [3.63, 3.8) is 0 Å². The number of nitrogens with two attached hydrogens (primary N) is 1. The number of benzene rings is 1. The minimum absolute atomic E-state index is 0.549. The molecule has 2 aromatic heterocycles. The van der Waals surface area contributed by atoms with Crippen LogP contribution in [0.3, 0.4) is 0 Å². The highest BCUT2D eigenvalue weighted by Gasteiger charge is 2.17. The molecule has 19 heavy (non-hydrogen) atoms. The lowest BCUT2D eigenvalue weighted by atomic mass is 10.3. The van der Waals surface area contributed by atoms with Crippen LogP contribution in [0.5, 0.6) is 0 Å². The predicted molar refractivity (Wildman–Crippen MR) is 76.4 cm³/mol. The molecule has 0 aliphatic heterocycles. The van der Waals surface area contributed by atoms with Gasteiger partial charge in [0.05, 0.1) is 10.6 Å². The number of anilines is 1. The lowest BCUT2D eigenvalue weighted by molar-refractivity contribution is 0.972. The maximum absolute atomic E-state index is 5.76. The van der Waals surface area contributed by atoms with E-state index in [-0.39, 0.29) is 0 Å². The average molecular weight is 271 g/mol. The molecule has 0 aliphatic carbocycles. The molecule has 6 heteroatoms. The van der Waals surface area contributed by atoms with Crippen molar-refractivity contribution in [2.75, 3.05) is 5.73 Å². The fourth-order valence-corrected chi connectivity index (χ4v) is 2.83. The van der Waals surface area contributed by atoms with Gasteiger partial charge in [-0.05, 0) is 26.0 Å². The summed E-state index contributed by atoms with van der Waals surface area (Å²) in [6, 6.07) is 10.0. The van der Waals surface area contributed by atoms with Crippen LogP contribution in [0.1, 0.15) is 11.5 Å². The number of nitrogen functional groups attached to an aromatic ring is 1. The van der Waals surface area contributed by atoms with E-state index in [4.69, 9.17) is 5.73 Å². The van der Waals surface area contributed by atoms with Crippen molar-refractivity contribution >= 4 is 16.5 Å². The zero-order valence-electron chi connectivity index (χ0n) is 10.7. The normalized spacial score (nSPS) is 10.8. The monoisotopic (exact) mass is 271 g/mol. The van der Waals surface area contributed by atoms with E-state index in [1.165, 1.54) is 11.3 Å². The molecule has 0 saturated heterocycles. The standard InChI is InChI=1S/C13H13N5S/c1-8-11(19-13(14)15-8)12-17-16-9(2)18(12)10-6-4-3-5-7-10/h3-7H,1-2H3,(H2,14,15). The van der Waals surface area contributed by atoms with Crippen molar-refractivity contribution in [3.05, 3.63) is 41.9 Å². The molecule has 1 aromatic carbocycles. The Labute approximate surface area is 114 Å². The molecule has 0 spiro atoms. The molecule has 0 fully saturated rings. The highest BCUT2D eigenvalue weighted by atomic mass is 32.1. The number of aryl methyl sites for hydroxylation is 2. The Morgan fingerprint density at radius 3 is 2.47 bits per heavy atom. The minimum Gasteiger partial charge on any atom is -0.375 e. The van der Waals surface area contributed by atoms with Crippen molar-refractivity contribution in [3.8, 4) is 16.4 Å². The van der Waals surface area contributed by atoms with Crippen molar-refractivity contribution in [1.82, 2.24) is 19.7 Å². The Kier molecular flexibility index (Phi) is 2.79. The fourth-order valence-electron chi connectivity index (χ4n) is 2.02. The average Bonchev–Trinajstić information content (AvgIpc) is 2.93. The summed E-state index contributed by atoms with van der Waals surface area (Å²) in [5.41, 5.74) is 7.68. The van der Waals surface area contributed by atoms with E-state index in [1.54, 1.807) is 0 Å². The molecule has 0 radical (unpaired) electrons. The summed E-state index contributed by atoms with van der Waals surface area (Å²) in [6.07, 6.45) is 0. The van der Waals surface area contributed by atoms with Gasteiger partial charge in [-0.3, -0.25) is 4.57 Å². The Hall–Kier alpha value is -2.21. The van der Waals surface area contributed by atoms with Crippen LogP contribution in [-0.4, -0.2) is 19.7 Å². The van der Waals surface area contributed by atoms with Crippen LogP contribution in [0.4, 0.5) is 5.13 Å². The van der Waals surface area contributed by atoms with Crippen LogP contribution in [-0.2, 0) is 0 Å². The third-order valence-corrected chi connectivity index (χ3v) is 3.84. The molecule has 0 saturated carbocycles. The molecule has 96 valence electrons. The van der Waals surface area contributed by atoms with Gasteiger partial charge in [-0.1, -0.05) is 29.5 Å². The molecule has 5 nitrogen and oxygen atoms in total. The second-order valence-electron chi connectivity index (χ2n) is 4.21. The van der Waals surface area contributed by atoms with E-state index >= 15 is 0 Å². The van der Waals surface area contributed by atoms with Gasteiger partial charge in [0, 0.05) is 5.69 Å². The molecule has 2 heterocycles. The Bertz CT molecular complexity index is 714. The van der Waals surface area contributed by atoms with Gasteiger partial charge < -0.3 is 5.73 Å². The molecule has 3 aromatic rings. The molecular weight excluding hydrogens is 258 g/mol. The third kappa shape index (κ3) is 2.00. The van der Waals surface area contributed by atoms with Crippen molar-refractivity contribution in [1.29, 1.82) is 0 Å². The fraction of sp³-hybridized carbons (Fsp3) is 0.154. The molecule has 0 unspecified atom stereocenters. The van der Waals surface area contributed by atoms with Gasteiger partial charge in [0.1, 0.15) is 5.82 Å².